The third-order valence-electron chi connectivity index (χ3n) is 8.46. The van der Waals surface area contributed by atoms with Crippen LogP contribution in [0, 0.1) is 0 Å². The van der Waals surface area contributed by atoms with E-state index >= 15 is 0 Å². The fraction of sp³-hybridized carbons (Fsp3) is 0.300. The van der Waals surface area contributed by atoms with Gasteiger partial charge in [-0.3, -0.25) is 24.0 Å². The van der Waals surface area contributed by atoms with Crippen LogP contribution in [0.5, 0.6) is 5.75 Å². The topological polar surface area (TPSA) is 155 Å². The molecule has 0 heterocycles. The highest BCUT2D eigenvalue weighted by molar-refractivity contribution is 5.94. The average Bonchev–Trinajstić information content (AvgIpc) is 3.25. The molecular formula is C50H65N5O6. The summed E-state index contributed by atoms with van der Waals surface area (Å²) in [7, 11) is 9.40. The lowest BCUT2D eigenvalue weighted by Crippen LogP contribution is -2.06. The number of carbonyl (C=O) groups is 5. The Morgan fingerprint density at radius 3 is 1.00 bits per heavy atom. The van der Waals surface area contributed by atoms with E-state index in [1.807, 2.05) is 144 Å². The highest BCUT2D eigenvalue weighted by Gasteiger charge is 2.00. The molecule has 0 saturated heterocycles. The van der Waals surface area contributed by atoms with Gasteiger partial charge < -0.3 is 31.3 Å². The molecule has 11 heteroatoms. The normalized spacial score (nSPS) is 9.61. The minimum absolute atomic E-state index is 0.0256. The molecular weight excluding hydrogens is 767 g/mol. The van der Waals surface area contributed by atoms with Crippen molar-refractivity contribution in [1.82, 2.24) is 10.6 Å². The standard InChI is InChI=1S/C11H15NO.C10H13NO2.2C10H13NO.C9H11NO/c1-9(13)7-10-3-5-11(6-4-10)8-12-2;1-8(12)7-13-10-5-3-9(11-2)4-6-10;1-8(12)10-5-3-9(4-6-10)7-11-2;1-8(12)7-9-3-5-10(11-2)6-4-9;1-7(11)8-3-5-9(10-2)6-4-8/h3-6,12H,7-8H2,1-2H3;3-6,11H,7H2,1-2H3;2*3-6,11H,7H2,1-2H3;3-6,10H,1-2H3. The van der Waals surface area contributed by atoms with E-state index < -0.39 is 0 Å². The van der Waals surface area contributed by atoms with Crippen LogP contribution in [0.2, 0.25) is 0 Å². The van der Waals surface area contributed by atoms with Gasteiger partial charge >= 0.3 is 0 Å². The fourth-order valence-electron chi connectivity index (χ4n) is 5.18. The third kappa shape index (κ3) is 24.3. The fourth-order valence-corrected chi connectivity index (χ4v) is 5.18. The van der Waals surface area contributed by atoms with Crippen LogP contribution in [0.25, 0.3) is 0 Å². The van der Waals surface area contributed by atoms with Gasteiger partial charge in [0, 0.05) is 75.3 Å². The molecule has 0 aliphatic carbocycles. The maximum absolute atomic E-state index is 10.9. The number of benzene rings is 5. The molecule has 5 rings (SSSR count). The van der Waals surface area contributed by atoms with Gasteiger partial charge in [0.2, 0.25) is 0 Å². The highest BCUT2D eigenvalue weighted by atomic mass is 16.5. The second-order valence-electron chi connectivity index (χ2n) is 14.0. The molecule has 5 aromatic carbocycles. The van der Waals surface area contributed by atoms with Gasteiger partial charge in [-0.25, -0.2) is 0 Å². The summed E-state index contributed by atoms with van der Waals surface area (Å²) in [5.74, 6) is 1.37. The summed E-state index contributed by atoms with van der Waals surface area (Å²) in [6.45, 7) is 9.72. The number of hydrogen-bond acceptors (Lipinski definition) is 11. The number of ether oxygens (including phenoxy) is 1. The van der Waals surface area contributed by atoms with Crippen molar-refractivity contribution in [1.29, 1.82) is 0 Å². The monoisotopic (exact) mass is 831 g/mol. The van der Waals surface area contributed by atoms with Gasteiger partial charge in [0.25, 0.3) is 0 Å². The second-order valence-corrected chi connectivity index (χ2v) is 14.0. The average molecular weight is 832 g/mol. The maximum Gasteiger partial charge on any atom is 0.167 e. The molecule has 0 spiro atoms. The van der Waals surface area contributed by atoms with E-state index in [1.165, 1.54) is 18.1 Å². The number of Topliss-reactive ketones (excluding diaryl/α,β-unsaturated/α-hetero) is 5. The minimum atomic E-state index is 0.0256. The van der Waals surface area contributed by atoms with Gasteiger partial charge in [0.15, 0.2) is 17.3 Å². The lowest BCUT2D eigenvalue weighted by molar-refractivity contribution is -0.119. The molecule has 5 aromatic rings. The third-order valence-corrected chi connectivity index (χ3v) is 8.46. The number of anilines is 3. The molecule has 0 atom stereocenters. The molecule has 0 amide bonds. The van der Waals surface area contributed by atoms with Gasteiger partial charge in [-0.15, -0.1) is 0 Å². The quantitative estimate of drug-likeness (QED) is 0.0607. The predicted molar refractivity (Wildman–Crippen MR) is 251 cm³/mol. The largest absolute Gasteiger partial charge is 0.486 e. The Hall–Kier alpha value is -6.43. The summed E-state index contributed by atoms with van der Waals surface area (Å²) < 4.78 is 5.19. The first-order valence-corrected chi connectivity index (χ1v) is 20.1. The van der Waals surface area contributed by atoms with Crippen LogP contribution < -0.4 is 31.3 Å². The van der Waals surface area contributed by atoms with Crippen molar-refractivity contribution in [2.24, 2.45) is 0 Å². The van der Waals surface area contributed by atoms with Crippen molar-refractivity contribution in [3.8, 4) is 5.75 Å². The maximum atomic E-state index is 10.9. The molecule has 0 fully saturated rings. The molecule has 0 bridgehead atoms. The van der Waals surface area contributed by atoms with E-state index in [4.69, 9.17) is 4.74 Å². The second kappa shape index (κ2) is 30.6. The zero-order valence-corrected chi connectivity index (χ0v) is 37.5. The zero-order chi connectivity index (χ0) is 45.6. The zero-order valence-electron chi connectivity index (χ0n) is 37.5. The van der Waals surface area contributed by atoms with Crippen LogP contribution in [-0.2, 0) is 40.3 Å². The van der Waals surface area contributed by atoms with E-state index in [0.717, 1.165) is 52.4 Å². The minimum Gasteiger partial charge on any atom is -0.486 e. The molecule has 0 aromatic heterocycles. The Labute approximate surface area is 363 Å². The Bertz CT molecular complexity index is 2030. The molecule has 0 unspecified atom stereocenters. The lowest BCUT2D eigenvalue weighted by Gasteiger charge is -2.04. The Morgan fingerprint density at radius 1 is 0.393 bits per heavy atom. The summed E-state index contributed by atoms with van der Waals surface area (Å²) in [5.41, 5.74) is 9.25. The molecule has 0 aliphatic rings. The van der Waals surface area contributed by atoms with E-state index in [1.54, 1.807) is 27.7 Å². The van der Waals surface area contributed by atoms with Crippen molar-refractivity contribution in [3.63, 3.8) is 0 Å². The molecule has 5 N–H and O–H groups in total. The van der Waals surface area contributed by atoms with Crippen molar-refractivity contribution in [2.45, 2.75) is 60.5 Å². The van der Waals surface area contributed by atoms with Crippen LogP contribution in [0.4, 0.5) is 17.1 Å². The Morgan fingerprint density at radius 2 is 0.689 bits per heavy atom. The first-order chi connectivity index (χ1) is 29.1. The first kappa shape index (κ1) is 52.6. The van der Waals surface area contributed by atoms with Crippen LogP contribution in [0.15, 0.2) is 121 Å². The van der Waals surface area contributed by atoms with Gasteiger partial charge in [0.05, 0.1) is 0 Å². The van der Waals surface area contributed by atoms with Gasteiger partial charge in [-0.2, -0.15) is 0 Å². The molecule has 11 nitrogen and oxygen atoms in total. The molecule has 326 valence electrons. The molecule has 0 aliphatic heterocycles. The number of carbonyl (C=O) groups excluding carboxylic acids is 5. The van der Waals surface area contributed by atoms with E-state index in [2.05, 4.69) is 38.7 Å². The van der Waals surface area contributed by atoms with Crippen LogP contribution in [0.1, 0.15) is 77.6 Å². The van der Waals surface area contributed by atoms with Crippen molar-refractivity contribution in [2.75, 3.05) is 57.8 Å². The van der Waals surface area contributed by atoms with Crippen molar-refractivity contribution in [3.05, 3.63) is 155 Å². The summed E-state index contributed by atoms with van der Waals surface area (Å²) >= 11 is 0. The van der Waals surface area contributed by atoms with E-state index in [-0.39, 0.29) is 35.5 Å². The van der Waals surface area contributed by atoms with Crippen molar-refractivity contribution < 1.29 is 28.7 Å². The van der Waals surface area contributed by atoms with Gasteiger partial charge in [-0.1, -0.05) is 60.7 Å². The lowest BCUT2D eigenvalue weighted by atomic mass is 10.1. The SMILES string of the molecule is CNCc1ccc(C(C)=O)cc1.CNCc1ccc(CC(C)=O)cc1.CNc1ccc(C(C)=O)cc1.CNc1ccc(CC(C)=O)cc1.CNc1ccc(OCC(C)=O)cc1. The smallest absolute Gasteiger partial charge is 0.167 e. The number of ketones is 5. The van der Waals surface area contributed by atoms with E-state index in [9.17, 15) is 24.0 Å². The molecule has 0 saturated carbocycles. The van der Waals surface area contributed by atoms with Crippen LogP contribution in [0.3, 0.4) is 0 Å². The van der Waals surface area contributed by atoms with Gasteiger partial charge in [0.1, 0.15) is 23.9 Å². The molecule has 61 heavy (non-hydrogen) atoms. The van der Waals surface area contributed by atoms with Crippen molar-refractivity contribution >= 4 is 46.0 Å². The van der Waals surface area contributed by atoms with Crippen LogP contribution >= 0.6 is 0 Å². The number of rotatable bonds is 16. The van der Waals surface area contributed by atoms with Crippen LogP contribution in [-0.4, -0.2) is 70.8 Å². The summed E-state index contributed by atoms with van der Waals surface area (Å²) in [6.07, 6.45) is 1.07. The highest BCUT2D eigenvalue weighted by Crippen LogP contribution is 2.15. The van der Waals surface area contributed by atoms with E-state index in [0.29, 0.717) is 18.6 Å². The Kier molecular flexibility index (Phi) is 26.4. The summed E-state index contributed by atoms with van der Waals surface area (Å²) in [4.78, 5) is 53.9. The predicted octanol–water partition coefficient (Wildman–Crippen LogP) is 8.63. The first-order valence-electron chi connectivity index (χ1n) is 20.1. The van der Waals surface area contributed by atoms with Gasteiger partial charge in [-0.05, 0) is 132 Å². The molecule has 0 radical (unpaired) electrons. The number of hydrogen-bond donors (Lipinski definition) is 5. The summed E-state index contributed by atoms with van der Waals surface area (Å²) in [6, 6.07) is 38.5. The summed E-state index contributed by atoms with van der Waals surface area (Å²) in [5, 5.41) is 15.1. The Balaban J connectivity index is 0.000000382. The number of nitrogens with one attached hydrogen (secondary N) is 5.